The molecule has 2 atom stereocenters. The maximum absolute atomic E-state index is 9.36. The summed E-state index contributed by atoms with van der Waals surface area (Å²) >= 11 is 0. The lowest BCUT2D eigenvalue weighted by atomic mass is 9.86. The summed E-state index contributed by atoms with van der Waals surface area (Å²) in [6.07, 6.45) is 7.03. The van der Waals surface area contributed by atoms with Gasteiger partial charge in [-0.3, -0.25) is 0 Å². The molecule has 0 amide bonds. The smallest absolute Gasteiger partial charge is 0.0613 e. The molecule has 0 aromatic heterocycles. The van der Waals surface area contributed by atoms with Crippen LogP contribution in [0.3, 0.4) is 0 Å². The zero-order valence-electron chi connectivity index (χ0n) is 10.9. The predicted molar refractivity (Wildman–Crippen MR) is 68.4 cm³/mol. The van der Waals surface area contributed by atoms with Gasteiger partial charge < -0.3 is 15.7 Å². The van der Waals surface area contributed by atoms with Crippen LogP contribution in [0.1, 0.15) is 45.4 Å². The second-order valence-corrected chi connectivity index (χ2v) is 5.43. The minimum Gasteiger partial charge on any atom is -0.394 e. The molecule has 3 N–H and O–H groups in total. The van der Waals surface area contributed by atoms with E-state index in [1.807, 2.05) is 0 Å². The van der Waals surface area contributed by atoms with Crippen LogP contribution in [0.2, 0.25) is 0 Å². The lowest BCUT2D eigenvalue weighted by Gasteiger charge is -2.30. The van der Waals surface area contributed by atoms with Crippen LogP contribution in [0.15, 0.2) is 0 Å². The molecule has 1 rings (SSSR count). The van der Waals surface area contributed by atoms with Crippen molar-refractivity contribution >= 4 is 0 Å². The molecule has 0 radical (unpaired) electrons. The molecule has 0 saturated heterocycles. The van der Waals surface area contributed by atoms with Crippen LogP contribution >= 0.6 is 0 Å². The van der Waals surface area contributed by atoms with E-state index in [-0.39, 0.29) is 12.1 Å². The number of aliphatic hydroxyl groups is 1. The summed E-state index contributed by atoms with van der Waals surface area (Å²) in [6.45, 7) is 4.67. The second-order valence-electron chi connectivity index (χ2n) is 5.43. The Balaban J connectivity index is 2.26. The number of nitrogens with zero attached hydrogens (tertiary/aromatic N) is 1. The Morgan fingerprint density at radius 2 is 2.19 bits per heavy atom. The van der Waals surface area contributed by atoms with E-state index in [1.54, 1.807) is 0 Å². The Morgan fingerprint density at radius 3 is 2.81 bits per heavy atom. The third-order valence-electron chi connectivity index (χ3n) is 4.05. The normalized spacial score (nSPS) is 30.2. The van der Waals surface area contributed by atoms with E-state index in [2.05, 4.69) is 18.9 Å². The van der Waals surface area contributed by atoms with Gasteiger partial charge in [-0.05, 0) is 51.7 Å². The quantitative estimate of drug-likeness (QED) is 0.696. The monoisotopic (exact) mass is 228 g/mol. The van der Waals surface area contributed by atoms with Gasteiger partial charge in [0.25, 0.3) is 0 Å². The van der Waals surface area contributed by atoms with Gasteiger partial charge >= 0.3 is 0 Å². The summed E-state index contributed by atoms with van der Waals surface area (Å²) in [5, 5.41) is 9.36. The number of hydrogen-bond donors (Lipinski definition) is 2. The van der Waals surface area contributed by atoms with Crippen molar-refractivity contribution in [1.29, 1.82) is 0 Å². The van der Waals surface area contributed by atoms with E-state index < -0.39 is 0 Å². The first kappa shape index (κ1) is 13.9. The number of nitrogens with two attached hydrogens (primary N) is 1. The van der Waals surface area contributed by atoms with E-state index in [1.165, 1.54) is 32.2 Å². The highest BCUT2D eigenvalue weighted by Crippen LogP contribution is 2.35. The highest BCUT2D eigenvalue weighted by Gasteiger charge is 2.38. The van der Waals surface area contributed by atoms with Gasteiger partial charge in [-0.25, -0.2) is 0 Å². The molecule has 1 aliphatic rings. The Labute approximate surface area is 100 Å². The molecule has 0 aromatic rings. The summed E-state index contributed by atoms with van der Waals surface area (Å²) in [5.41, 5.74) is 5.93. The molecule has 2 unspecified atom stereocenters. The molecule has 1 saturated carbocycles. The average molecular weight is 228 g/mol. The Hall–Kier alpha value is -0.120. The summed E-state index contributed by atoms with van der Waals surface area (Å²) < 4.78 is 0. The molecule has 16 heavy (non-hydrogen) atoms. The van der Waals surface area contributed by atoms with Gasteiger partial charge in [0.2, 0.25) is 0 Å². The molecule has 96 valence electrons. The first-order valence-corrected chi connectivity index (χ1v) is 6.70. The largest absolute Gasteiger partial charge is 0.394 e. The molecule has 1 fully saturated rings. The Kier molecular flexibility index (Phi) is 5.73. The van der Waals surface area contributed by atoms with Crippen molar-refractivity contribution in [2.75, 3.05) is 26.7 Å². The third-order valence-corrected chi connectivity index (χ3v) is 4.05. The van der Waals surface area contributed by atoms with Crippen molar-refractivity contribution in [1.82, 2.24) is 4.90 Å². The minimum absolute atomic E-state index is 0.149. The predicted octanol–water partition coefficient (Wildman–Crippen LogP) is 1.60. The lowest BCUT2D eigenvalue weighted by molar-refractivity contribution is 0.147. The van der Waals surface area contributed by atoms with Crippen LogP contribution < -0.4 is 5.73 Å². The molecular weight excluding hydrogens is 200 g/mol. The van der Waals surface area contributed by atoms with E-state index >= 15 is 0 Å². The van der Waals surface area contributed by atoms with Gasteiger partial charge in [0.15, 0.2) is 0 Å². The number of hydrogen-bond acceptors (Lipinski definition) is 3. The molecule has 0 bridgehead atoms. The summed E-state index contributed by atoms with van der Waals surface area (Å²) in [4.78, 5) is 2.39. The van der Waals surface area contributed by atoms with Gasteiger partial charge in [0.1, 0.15) is 0 Å². The van der Waals surface area contributed by atoms with Crippen LogP contribution in [0.25, 0.3) is 0 Å². The maximum Gasteiger partial charge on any atom is 0.0613 e. The molecule has 0 aliphatic heterocycles. The molecule has 1 aliphatic carbocycles. The molecular formula is C13H28N2O. The van der Waals surface area contributed by atoms with E-state index in [4.69, 9.17) is 5.73 Å². The molecule has 0 aromatic carbocycles. The summed E-state index contributed by atoms with van der Waals surface area (Å²) in [6, 6.07) is 0. The highest BCUT2D eigenvalue weighted by molar-refractivity contribution is 4.96. The topological polar surface area (TPSA) is 49.5 Å². The average Bonchev–Trinajstić information content (AvgIpc) is 2.66. The first-order chi connectivity index (χ1) is 7.62. The van der Waals surface area contributed by atoms with E-state index in [0.717, 1.165) is 19.4 Å². The second kappa shape index (κ2) is 6.58. The van der Waals surface area contributed by atoms with Gasteiger partial charge in [-0.1, -0.05) is 19.8 Å². The number of rotatable bonds is 7. The van der Waals surface area contributed by atoms with Crippen LogP contribution in [0.5, 0.6) is 0 Å². The Morgan fingerprint density at radius 1 is 1.44 bits per heavy atom. The van der Waals surface area contributed by atoms with Crippen LogP contribution in [-0.2, 0) is 0 Å². The van der Waals surface area contributed by atoms with E-state index in [9.17, 15) is 5.11 Å². The van der Waals surface area contributed by atoms with E-state index in [0.29, 0.717) is 5.92 Å². The van der Waals surface area contributed by atoms with Crippen molar-refractivity contribution in [3.8, 4) is 0 Å². The molecule has 0 heterocycles. The molecule has 0 spiro atoms. The fourth-order valence-electron chi connectivity index (χ4n) is 2.73. The van der Waals surface area contributed by atoms with Crippen molar-refractivity contribution in [3.05, 3.63) is 0 Å². The van der Waals surface area contributed by atoms with Gasteiger partial charge in [0, 0.05) is 5.54 Å². The fourth-order valence-corrected chi connectivity index (χ4v) is 2.73. The minimum atomic E-state index is -0.286. The van der Waals surface area contributed by atoms with Crippen LogP contribution in [-0.4, -0.2) is 42.3 Å². The van der Waals surface area contributed by atoms with Crippen molar-refractivity contribution in [2.24, 2.45) is 11.7 Å². The third kappa shape index (κ3) is 3.72. The van der Waals surface area contributed by atoms with Crippen LogP contribution in [0.4, 0.5) is 0 Å². The van der Waals surface area contributed by atoms with Gasteiger partial charge in [-0.15, -0.1) is 0 Å². The fraction of sp³-hybridized carbons (Fsp3) is 1.00. The zero-order chi connectivity index (χ0) is 12.0. The lowest BCUT2D eigenvalue weighted by Crippen LogP contribution is -2.47. The SMILES string of the molecule is CCCCN(C)CCC1CCCC1(N)CO. The summed E-state index contributed by atoms with van der Waals surface area (Å²) in [7, 11) is 2.18. The van der Waals surface area contributed by atoms with Crippen molar-refractivity contribution in [3.63, 3.8) is 0 Å². The highest BCUT2D eigenvalue weighted by atomic mass is 16.3. The number of unbranched alkanes of at least 4 members (excludes halogenated alkanes) is 1. The van der Waals surface area contributed by atoms with Gasteiger partial charge in [-0.2, -0.15) is 0 Å². The first-order valence-electron chi connectivity index (χ1n) is 6.70. The zero-order valence-corrected chi connectivity index (χ0v) is 10.9. The van der Waals surface area contributed by atoms with Crippen molar-refractivity contribution < 1.29 is 5.11 Å². The van der Waals surface area contributed by atoms with Crippen LogP contribution in [0, 0.1) is 5.92 Å². The molecule has 3 nitrogen and oxygen atoms in total. The van der Waals surface area contributed by atoms with Crippen molar-refractivity contribution in [2.45, 2.75) is 51.0 Å². The standard InChI is InChI=1S/C13H28N2O/c1-3-4-9-15(2)10-7-12-6-5-8-13(12,14)11-16/h12,16H,3-11,14H2,1-2H3. The summed E-state index contributed by atoms with van der Waals surface area (Å²) in [5.74, 6) is 0.515. The maximum atomic E-state index is 9.36. The number of aliphatic hydroxyl groups excluding tert-OH is 1. The Bertz CT molecular complexity index is 198. The van der Waals surface area contributed by atoms with Gasteiger partial charge in [0.05, 0.1) is 6.61 Å². The molecule has 3 heteroatoms.